The van der Waals surface area contributed by atoms with Gasteiger partial charge in [0.1, 0.15) is 5.82 Å². The van der Waals surface area contributed by atoms with Gasteiger partial charge < -0.3 is 15.3 Å². The van der Waals surface area contributed by atoms with Gasteiger partial charge in [0.15, 0.2) is 11.9 Å². The number of aliphatic hydroxyl groups is 1. The van der Waals surface area contributed by atoms with Gasteiger partial charge >= 0.3 is 6.18 Å². The zero-order chi connectivity index (χ0) is 26.3. The van der Waals surface area contributed by atoms with Crippen molar-refractivity contribution in [3.63, 3.8) is 0 Å². The van der Waals surface area contributed by atoms with E-state index in [0.717, 1.165) is 5.56 Å². The lowest BCUT2D eigenvalue weighted by atomic mass is 9.95. The van der Waals surface area contributed by atoms with Crippen molar-refractivity contribution >= 4 is 11.5 Å². The minimum atomic E-state index is -4.83. The molecule has 1 aliphatic heterocycles. The molecule has 0 amide bonds. The van der Waals surface area contributed by atoms with Crippen LogP contribution in [-0.4, -0.2) is 38.9 Å². The zero-order valence-electron chi connectivity index (χ0n) is 20.2. The second-order valence-electron chi connectivity index (χ2n) is 9.21. The van der Waals surface area contributed by atoms with E-state index in [9.17, 15) is 27.1 Å². The third-order valence-corrected chi connectivity index (χ3v) is 6.35. The maximum atomic E-state index is 14.3. The number of anilines is 2. The molecular weight excluding hydrogens is 481 g/mol. The van der Waals surface area contributed by atoms with Crippen molar-refractivity contribution in [1.82, 2.24) is 14.8 Å². The average Bonchev–Trinajstić information content (AvgIpc) is 3.11. The predicted octanol–water partition coefficient (Wildman–Crippen LogP) is 5.85. The summed E-state index contributed by atoms with van der Waals surface area (Å²) in [5.41, 5.74) is 0.550. The number of aliphatic hydroxyl groups excluding tert-OH is 1. The molecule has 6 nitrogen and oxygen atoms in total. The SMILES string of the molecule is Cc1cccc(NC(O)c2c(N3CCCC(F)(F)CC3)nc(C(F)(F)F)c(-c3cnn(C)c3)c2C)c1. The zero-order valence-corrected chi connectivity index (χ0v) is 20.2. The van der Waals surface area contributed by atoms with E-state index in [0.29, 0.717) is 5.69 Å². The molecule has 1 saturated heterocycles. The van der Waals surface area contributed by atoms with Gasteiger partial charge in [-0.2, -0.15) is 18.3 Å². The molecule has 0 aliphatic carbocycles. The Morgan fingerprint density at radius 2 is 1.89 bits per heavy atom. The number of hydrogen-bond acceptors (Lipinski definition) is 5. The molecule has 1 aliphatic rings. The number of pyridine rings is 1. The lowest BCUT2D eigenvalue weighted by Crippen LogP contribution is -2.31. The van der Waals surface area contributed by atoms with Crippen LogP contribution in [0.4, 0.5) is 33.5 Å². The quantitative estimate of drug-likeness (QED) is 0.334. The summed E-state index contributed by atoms with van der Waals surface area (Å²) < 4.78 is 72.4. The number of nitrogens with one attached hydrogen (secondary N) is 1. The molecule has 0 radical (unpaired) electrons. The molecule has 3 heterocycles. The summed E-state index contributed by atoms with van der Waals surface area (Å²) in [6, 6.07) is 7.15. The fraction of sp³-hybridized carbons (Fsp3) is 0.440. The first-order valence-electron chi connectivity index (χ1n) is 11.6. The fourth-order valence-electron chi connectivity index (χ4n) is 4.62. The van der Waals surface area contributed by atoms with E-state index in [1.165, 1.54) is 28.9 Å². The second-order valence-corrected chi connectivity index (χ2v) is 9.21. The summed E-state index contributed by atoms with van der Waals surface area (Å²) in [6.07, 6.45) is -4.32. The highest BCUT2D eigenvalue weighted by atomic mass is 19.4. The number of nitrogens with zero attached hydrogens (tertiary/aromatic N) is 4. The minimum absolute atomic E-state index is 0.0836. The van der Waals surface area contributed by atoms with Gasteiger partial charge in [0.25, 0.3) is 0 Å². The van der Waals surface area contributed by atoms with E-state index < -0.39 is 30.4 Å². The van der Waals surface area contributed by atoms with Gasteiger partial charge in [-0.15, -0.1) is 0 Å². The van der Waals surface area contributed by atoms with Crippen LogP contribution in [0.3, 0.4) is 0 Å². The highest BCUT2D eigenvalue weighted by Gasteiger charge is 2.41. The number of aromatic nitrogens is 3. The highest BCUT2D eigenvalue weighted by molar-refractivity contribution is 5.74. The molecule has 36 heavy (non-hydrogen) atoms. The summed E-state index contributed by atoms with van der Waals surface area (Å²) in [5.74, 6) is -3.07. The molecule has 1 unspecified atom stereocenters. The normalized spacial score (nSPS) is 17.1. The van der Waals surface area contributed by atoms with Crippen molar-refractivity contribution in [2.24, 2.45) is 7.05 Å². The molecule has 4 rings (SSSR count). The summed E-state index contributed by atoms with van der Waals surface area (Å²) in [7, 11) is 1.58. The number of halogens is 5. The molecule has 0 spiro atoms. The summed E-state index contributed by atoms with van der Waals surface area (Å²) in [6.45, 7) is 3.25. The van der Waals surface area contributed by atoms with Gasteiger partial charge in [-0.3, -0.25) is 4.68 Å². The van der Waals surface area contributed by atoms with Gasteiger partial charge in [0, 0.05) is 61.6 Å². The molecule has 2 N–H and O–H groups in total. The number of rotatable bonds is 5. The Labute approximate surface area is 205 Å². The van der Waals surface area contributed by atoms with Gasteiger partial charge in [0.05, 0.1) is 6.20 Å². The molecule has 1 aromatic carbocycles. The molecule has 2 aromatic heterocycles. The van der Waals surface area contributed by atoms with Crippen molar-refractivity contribution in [2.75, 3.05) is 23.3 Å². The molecule has 0 bridgehead atoms. The number of benzene rings is 1. The topological polar surface area (TPSA) is 66.2 Å². The van der Waals surface area contributed by atoms with Crippen molar-refractivity contribution in [1.29, 1.82) is 0 Å². The first-order valence-corrected chi connectivity index (χ1v) is 11.6. The largest absolute Gasteiger partial charge is 0.434 e. The smallest absolute Gasteiger partial charge is 0.369 e. The van der Waals surface area contributed by atoms with Gasteiger partial charge in [-0.05, 0) is 43.5 Å². The molecule has 3 aromatic rings. The number of aryl methyl sites for hydroxylation is 2. The van der Waals surface area contributed by atoms with Crippen LogP contribution in [-0.2, 0) is 13.2 Å². The molecule has 11 heteroatoms. The van der Waals surface area contributed by atoms with Crippen LogP contribution in [0.1, 0.15) is 47.9 Å². The van der Waals surface area contributed by atoms with Crippen LogP contribution in [0.25, 0.3) is 11.1 Å². The van der Waals surface area contributed by atoms with Crippen LogP contribution in [0.15, 0.2) is 36.7 Å². The Balaban J connectivity index is 1.91. The van der Waals surface area contributed by atoms with Crippen molar-refractivity contribution < 1.29 is 27.1 Å². The lowest BCUT2D eigenvalue weighted by molar-refractivity contribution is -0.140. The van der Waals surface area contributed by atoms with E-state index in [1.54, 1.807) is 25.2 Å². The highest BCUT2D eigenvalue weighted by Crippen LogP contribution is 2.44. The second kappa shape index (κ2) is 9.68. The molecule has 1 atom stereocenters. The third kappa shape index (κ3) is 5.45. The Kier molecular flexibility index (Phi) is 6.96. The Hall–Kier alpha value is -3.21. The van der Waals surface area contributed by atoms with Crippen LogP contribution in [0.2, 0.25) is 0 Å². The molecule has 0 saturated carbocycles. The van der Waals surface area contributed by atoms with Crippen LogP contribution in [0.5, 0.6) is 0 Å². The minimum Gasteiger partial charge on any atom is -0.369 e. The van der Waals surface area contributed by atoms with Gasteiger partial charge in [0.2, 0.25) is 5.92 Å². The maximum absolute atomic E-state index is 14.3. The van der Waals surface area contributed by atoms with Crippen molar-refractivity contribution in [2.45, 2.75) is 51.4 Å². The first-order chi connectivity index (χ1) is 16.9. The van der Waals surface area contributed by atoms with E-state index in [1.807, 2.05) is 13.0 Å². The fourth-order valence-corrected chi connectivity index (χ4v) is 4.62. The number of alkyl halides is 5. The predicted molar refractivity (Wildman–Crippen MR) is 127 cm³/mol. The Morgan fingerprint density at radius 1 is 1.14 bits per heavy atom. The average molecular weight is 510 g/mol. The van der Waals surface area contributed by atoms with E-state index >= 15 is 0 Å². The molecule has 194 valence electrons. The van der Waals surface area contributed by atoms with E-state index in [2.05, 4.69) is 15.4 Å². The summed E-state index contributed by atoms with van der Waals surface area (Å²) in [5, 5.41) is 18.2. The maximum Gasteiger partial charge on any atom is 0.434 e. The molecular formula is C25H28F5N5O. The summed E-state index contributed by atoms with van der Waals surface area (Å²) in [4.78, 5) is 5.43. The van der Waals surface area contributed by atoms with Gasteiger partial charge in [-0.1, -0.05) is 12.1 Å². The van der Waals surface area contributed by atoms with E-state index in [-0.39, 0.29) is 54.0 Å². The Morgan fingerprint density at radius 3 is 2.53 bits per heavy atom. The molecule has 1 fully saturated rings. The first kappa shape index (κ1) is 25.9. The van der Waals surface area contributed by atoms with Gasteiger partial charge in [-0.25, -0.2) is 13.8 Å². The van der Waals surface area contributed by atoms with Crippen LogP contribution < -0.4 is 10.2 Å². The third-order valence-electron chi connectivity index (χ3n) is 6.35. The number of hydrogen-bond donors (Lipinski definition) is 2. The van der Waals surface area contributed by atoms with E-state index in [4.69, 9.17) is 0 Å². The van der Waals surface area contributed by atoms with Crippen molar-refractivity contribution in [3.8, 4) is 11.1 Å². The van der Waals surface area contributed by atoms with Crippen LogP contribution in [0, 0.1) is 13.8 Å². The lowest BCUT2D eigenvalue weighted by Gasteiger charge is -2.30. The standard InChI is InChI=1S/C25H28F5N5O/c1-15-6-4-7-18(12-15)32-23(36)20-16(2)19(17-13-31-34(3)14-17)21(25(28,29)30)33-22(20)35-10-5-8-24(26,27)9-11-35/h4,6-7,12-14,23,32,36H,5,8-11H2,1-3H3. The van der Waals surface area contributed by atoms with Crippen LogP contribution >= 0.6 is 0 Å². The van der Waals surface area contributed by atoms with Crippen molar-refractivity contribution in [3.05, 3.63) is 59.0 Å². The Bertz CT molecular complexity index is 1240. The monoisotopic (exact) mass is 509 g/mol. The summed E-state index contributed by atoms with van der Waals surface area (Å²) >= 11 is 0.